The van der Waals surface area contributed by atoms with Crippen LogP contribution in [0.3, 0.4) is 0 Å². The average Bonchev–Trinajstić information content (AvgIpc) is 3.19. The van der Waals surface area contributed by atoms with Gasteiger partial charge in [0.2, 0.25) is 16.9 Å². The molecule has 1 N–H and O–H groups in total. The minimum atomic E-state index is -4.44. The smallest absolute Gasteiger partial charge is 0.344 e. The summed E-state index contributed by atoms with van der Waals surface area (Å²) in [4.78, 5) is 26.5. The zero-order valence-corrected chi connectivity index (χ0v) is 15.4. The highest BCUT2D eigenvalue weighted by molar-refractivity contribution is 7.15. The van der Waals surface area contributed by atoms with Gasteiger partial charge in [-0.1, -0.05) is 30.4 Å². The quantitative estimate of drug-likeness (QED) is 0.804. The van der Waals surface area contributed by atoms with Crippen molar-refractivity contribution >= 4 is 28.3 Å². The topological polar surface area (TPSA) is 75.2 Å². The standard InChI is InChI=1S/C17H17F3N4O2S/c1-3-12-22-23-16(27-12)21-14(25)13-11(8-24(2)15(13)26)9-4-6-10(7-5-9)17(18,19)20/h4-7,11,13H,3,8H2,1-2H3,(H,21,23,25)/t11-,13+/m0/s1. The summed E-state index contributed by atoms with van der Waals surface area (Å²) in [5, 5.41) is 11.4. The molecule has 3 rings (SSSR count). The molecule has 2 amide bonds. The van der Waals surface area contributed by atoms with Gasteiger partial charge in [-0.3, -0.25) is 14.9 Å². The number of hydrogen-bond donors (Lipinski definition) is 1. The molecule has 2 atom stereocenters. The predicted octanol–water partition coefficient (Wildman–Crippen LogP) is 2.93. The Kier molecular flexibility index (Phi) is 5.18. The van der Waals surface area contributed by atoms with Crippen LogP contribution >= 0.6 is 11.3 Å². The van der Waals surface area contributed by atoms with E-state index in [4.69, 9.17) is 0 Å². The van der Waals surface area contributed by atoms with Crippen molar-refractivity contribution < 1.29 is 22.8 Å². The number of hydrogen-bond acceptors (Lipinski definition) is 5. The zero-order valence-electron chi connectivity index (χ0n) is 14.6. The SMILES string of the molecule is CCc1nnc(NC(=O)[C@@H]2C(=O)N(C)C[C@H]2c2ccc(C(F)(F)F)cc2)s1. The van der Waals surface area contributed by atoms with Gasteiger partial charge in [0, 0.05) is 19.5 Å². The Labute approximate surface area is 157 Å². The summed E-state index contributed by atoms with van der Waals surface area (Å²) < 4.78 is 38.3. The predicted molar refractivity (Wildman–Crippen MR) is 93.2 cm³/mol. The van der Waals surface area contributed by atoms with Gasteiger partial charge in [0.15, 0.2) is 0 Å². The summed E-state index contributed by atoms with van der Waals surface area (Å²) >= 11 is 1.22. The number of likely N-dealkylation sites (N-methyl/N-ethyl adjacent to an activating group) is 1. The van der Waals surface area contributed by atoms with Crippen molar-refractivity contribution in [2.45, 2.75) is 25.4 Å². The molecule has 1 aromatic carbocycles. The maximum Gasteiger partial charge on any atom is 0.416 e. The summed E-state index contributed by atoms with van der Waals surface area (Å²) in [6, 6.07) is 4.57. The molecule has 6 nitrogen and oxygen atoms in total. The summed E-state index contributed by atoms with van der Waals surface area (Å²) in [5.74, 6) is -2.48. The van der Waals surface area contributed by atoms with Crippen molar-refractivity contribution in [3.05, 3.63) is 40.4 Å². The van der Waals surface area contributed by atoms with E-state index < -0.39 is 29.5 Å². The molecule has 144 valence electrons. The first-order chi connectivity index (χ1) is 12.7. The number of carbonyl (C=O) groups is 2. The van der Waals surface area contributed by atoms with Gasteiger partial charge in [-0.05, 0) is 24.1 Å². The van der Waals surface area contributed by atoms with E-state index in [0.717, 1.165) is 17.1 Å². The molecule has 1 aromatic heterocycles. The Morgan fingerprint density at radius 2 is 1.96 bits per heavy atom. The number of amides is 2. The number of aryl methyl sites for hydroxylation is 1. The number of rotatable bonds is 4. The molecule has 2 aromatic rings. The van der Waals surface area contributed by atoms with Crippen LogP contribution in [-0.2, 0) is 22.2 Å². The molecule has 27 heavy (non-hydrogen) atoms. The van der Waals surface area contributed by atoms with Crippen LogP contribution in [-0.4, -0.2) is 40.5 Å². The number of nitrogens with one attached hydrogen (secondary N) is 1. The molecule has 0 radical (unpaired) electrons. The normalized spacial score (nSPS) is 20.2. The van der Waals surface area contributed by atoms with Crippen LogP contribution in [0.15, 0.2) is 24.3 Å². The van der Waals surface area contributed by atoms with Crippen molar-refractivity contribution in [3.8, 4) is 0 Å². The Morgan fingerprint density at radius 3 is 2.52 bits per heavy atom. The monoisotopic (exact) mass is 398 g/mol. The summed E-state index contributed by atoms with van der Waals surface area (Å²) in [6.07, 6.45) is -3.76. The van der Waals surface area contributed by atoms with Crippen LogP contribution < -0.4 is 5.32 Å². The number of halogens is 3. The molecule has 0 bridgehead atoms. The average molecular weight is 398 g/mol. The number of alkyl halides is 3. The van der Waals surface area contributed by atoms with Gasteiger partial charge in [-0.2, -0.15) is 13.2 Å². The largest absolute Gasteiger partial charge is 0.416 e. The van der Waals surface area contributed by atoms with Crippen molar-refractivity contribution in [1.29, 1.82) is 0 Å². The number of anilines is 1. The second kappa shape index (κ2) is 7.26. The lowest BCUT2D eigenvalue weighted by molar-refractivity contribution is -0.138. The van der Waals surface area contributed by atoms with Gasteiger partial charge in [0.1, 0.15) is 10.9 Å². The van der Waals surface area contributed by atoms with E-state index in [1.165, 1.54) is 28.4 Å². The molecule has 0 spiro atoms. The van der Waals surface area contributed by atoms with Crippen molar-refractivity contribution in [2.75, 3.05) is 18.9 Å². The second-order valence-electron chi connectivity index (χ2n) is 6.27. The van der Waals surface area contributed by atoms with E-state index >= 15 is 0 Å². The molecule has 0 saturated carbocycles. The minimum absolute atomic E-state index is 0.249. The van der Waals surface area contributed by atoms with Gasteiger partial charge in [0.05, 0.1) is 5.56 Å². The summed E-state index contributed by atoms with van der Waals surface area (Å²) in [6.45, 7) is 2.15. The number of nitrogens with zero attached hydrogens (tertiary/aromatic N) is 3. The number of benzene rings is 1. The first-order valence-electron chi connectivity index (χ1n) is 8.26. The highest BCUT2D eigenvalue weighted by atomic mass is 32.1. The van der Waals surface area contributed by atoms with E-state index in [9.17, 15) is 22.8 Å². The number of aromatic nitrogens is 2. The molecule has 10 heteroatoms. The highest BCUT2D eigenvalue weighted by Gasteiger charge is 2.44. The van der Waals surface area contributed by atoms with Crippen LogP contribution in [0.1, 0.15) is 29.0 Å². The third-order valence-corrected chi connectivity index (χ3v) is 5.45. The van der Waals surface area contributed by atoms with Crippen LogP contribution in [0.2, 0.25) is 0 Å². The Morgan fingerprint density at radius 1 is 1.30 bits per heavy atom. The Bertz CT molecular complexity index is 851. The summed E-state index contributed by atoms with van der Waals surface area (Å²) in [5.41, 5.74) is -0.266. The molecule has 0 unspecified atom stereocenters. The van der Waals surface area contributed by atoms with Crippen molar-refractivity contribution in [3.63, 3.8) is 0 Å². The first-order valence-corrected chi connectivity index (χ1v) is 9.07. The maximum absolute atomic E-state index is 12.8. The van der Waals surface area contributed by atoms with Crippen LogP contribution in [0.5, 0.6) is 0 Å². The molecule has 1 saturated heterocycles. The first kappa shape index (κ1) is 19.3. The second-order valence-corrected chi connectivity index (χ2v) is 7.33. The lowest BCUT2D eigenvalue weighted by Gasteiger charge is -2.17. The number of likely N-dealkylation sites (tertiary alicyclic amines) is 1. The van der Waals surface area contributed by atoms with Crippen molar-refractivity contribution in [2.24, 2.45) is 5.92 Å². The molecule has 1 aliphatic heterocycles. The number of carbonyl (C=O) groups excluding carboxylic acids is 2. The van der Waals surface area contributed by atoms with Gasteiger partial charge in [-0.15, -0.1) is 10.2 Å². The third kappa shape index (κ3) is 3.95. The fraction of sp³-hybridized carbons (Fsp3) is 0.412. The van der Waals surface area contributed by atoms with Gasteiger partial charge < -0.3 is 4.90 Å². The van der Waals surface area contributed by atoms with Crippen molar-refractivity contribution in [1.82, 2.24) is 15.1 Å². The minimum Gasteiger partial charge on any atom is -0.344 e. The molecular formula is C17H17F3N4O2S. The van der Waals surface area contributed by atoms with E-state index in [1.54, 1.807) is 7.05 Å². The maximum atomic E-state index is 12.8. The van der Waals surface area contributed by atoms with E-state index in [-0.39, 0.29) is 12.5 Å². The van der Waals surface area contributed by atoms with E-state index in [1.807, 2.05) is 6.92 Å². The zero-order chi connectivity index (χ0) is 19.8. The lowest BCUT2D eigenvalue weighted by Crippen LogP contribution is -2.32. The summed E-state index contributed by atoms with van der Waals surface area (Å²) in [7, 11) is 1.56. The highest BCUT2D eigenvalue weighted by Crippen LogP contribution is 2.36. The molecular weight excluding hydrogens is 381 g/mol. The van der Waals surface area contributed by atoms with Gasteiger partial charge >= 0.3 is 6.18 Å². The Hall–Kier alpha value is -2.49. The van der Waals surface area contributed by atoms with Crippen LogP contribution in [0.4, 0.5) is 18.3 Å². The fourth-order valence-corrected chi connectivity index (χ4v) is 3.72. The molecule has 1 fully saturated rings. The lowest BCUT2D eigenvalue weighted by atomic mass is 9.87. The van der Waals surface area contributed by atoms with Gasteiger partial charge in [-0.25, -0.2) is 0 Å². The van der Waals surface area contributed by atoms with E-state index in [2.05, 4.69) is 15.5 Å². The molecule has 2 heterocycles. The molecule has 1 aliphatic rings. The van der Waals surface area contributed by atoms with Crippen LogP contribution in [0, 0.1) is 5.92 Å². The van der Waals surface area contributed by atoms with E-state index in [0.29, 0.717) is 17.1 Å². The third-order valence-electron chi connectivity index (χ3n) is 4.46. The Balaban J connectivity index is 1.83. The molecule has 0 aliphatic carbocycles. The van der Waals surface area contributed by atoms with Crippen LogP contribution in [0.25, 0.3) is 0 Å². The van der Waals surface area contributed by atoms with Gasteiger partial charge in [0.25, 0.3) is 0 Å². The fourth-order valence-electron chi connectivity index (χ4n) is 3.04.